The zero-order valence-electron chi connectivity index (χ0n) is 10.4. The van der Waals surface area contributed by atoms with Crippen LogP contribution in [0.25, 0.3) is 0 Å². The Balaban J connectivity index is 2.08. The van der Waals surface area contributed by atoms with Crippen molar-refractivity contribution in [3.8, 4) is 0 Å². The van der Waals surface area contributed by atoms with Gasteiger partial charge in [0.05, 0.1) is 6.21 Å². The molecule has 1 aliphatic heterocycles. The standard InChI is InChI=1S/C14H19ClN2/c1-11-5-3-6-12(2)17(11)16-10-13-7-4-8-14(15)9-13/h4,7-12H,3,5-6H2,1-2H3. The molecule has 0 spiro atoms. The lowest BCUT2D eigenvalue weighted by Gasteiger charge is -2.36. The fourth-order valence-corrected chi connectivity index (χ4v) is 2.55. The van der Waals surface area contributed by atoms with Gasteiger partial charge in [-0.2, -0.15) is 5.10 Å². The minimum atomic E-state index is 0.536. The molecule has 1 saturated heterocycles. The smallest absolute Gasteiger partial charge is 0.0543 e. The maximum Gasteiger partial charge on any atom is 0.0543 e. The van der Waals surface area contributed by atoms with Gasteiger partial charge in [-0.05, 0) is 50.8 Å². The number of benzene rings is 1. The van der Waals surface area contributed by atoms with Crippen LogP contribution in [0.2, 0.25) is 5.02 Å². The Morgan fingerprint density at radius 3 is 2.65 bits per heavy atom. The first-order valence-corrected chi connectivity index (χ1v) is 6.62. The maximum absolute atomic E-state index is 5.95. The highest BCUT2D eigenvalue weighted by Crippen LogP contribution is 2.22. The topological polar surface area (TPSA) is 15.6 Å². The molecule has 1 heterocycles. The first kappa shape index (κ1) is 12.4. The van der Waals surface area contributed by atoms with E-state index < -0.39 is 0 Å². The Hall–Kier alpha value is -1.02. The molecule has 1 aromatic rings. The average Bonchev–Trinajstić information content (AvgIpc) is 2.28. The second-order valence-corrected chi connectivity index (χ2v) is 5.24. The van der Waals surface area contributed by atoms with Gasteiger partial charge in [0.1, 0.15) is 0 Å². The highest BCUT2D eigenvalue weighted by Gasteiger charge is 2.22. The molecule has 0 amide bonds. The number of nitrogens with zero attached hydrogens (tertiary/aromatic N) is 2. The summed E-state index contributed by atoms with van der Waals surface area (Å²) in [6.45, 7) is 4.48. The van der Waals surface area contributed by atoms with E-state index in [0.717, 1.165) is 10.6 Å². The Morgan fingerprint density at radius 1 is 1.29 bits per heavy atom. The molecular formula is C14H19ClN2. The van der Waals surface area contributed by atoms with E-state index >= 15 is 0 Å². The Morgan fingerprint density at radius 2 is 2.00 bits per heavy atom. The molecule has 92 valence electrons. The van der Waals surface area contributed by atoms with Gasteiger partial charge < -0.3 is 0 Å². The van der Waals surface area contributed by atoms with Crippen LogP contribution in [0.5, 0.6) is 0 Å². The van der Waals surface area contributed by atoms with Crippen molar-refractivity contribution >= 4 is 17.8 Å². The third-order valence-electron chi connectivity index (χ3n) is 3.34. The molecular weight excluding hydrogens is 232 g/mol. The van der Waals surface area contributed by atoms with Gasteiger partial charge in [0, 0.05) is 17.1 Å². The predicted octanol–water partition coefficient (Wildman–Crippen LogP) is 3.94. The lowest BCUT2D eigenvalue weighted by molar-refractivity contribution is 0.109. The molecule has 2 nitrogen and oxygen atoms in total. The van der Waals surface area contributed by atoms with Gasteiger partial charge in [-0.1, -0.05) is 23.7 Å². The Bertz CT molecular complexity index is 393. The molecule has 1 fully saturated rings. The number of rotatable bonds is 2. The van der Waals surface area contributed by atoms with Crippen LogP contribution >= 0.6 is 11.6 Å². The van der Waals surface area contributed by atoms with E-state index in [4.69, 9.17) is 11.6 Å². The van der Waals surface area contributed by atoms with Gasteiger partial charge in [0.15, 0.2) is 0 Å². The summed E-state index contributed by atoms with van der Waals surface area (Å²) in [5.41, 5.74) is 1.06. The molecule has 0 bridgehead atoms. The number of hydrogen-bond donors (Lipinski definition) is 0. The molecule has 0 aromatic heterocycles. The molecule has 2 atom stereocenters. The van der Waals surface area contributed by atoms with Crippen molar-refractivity contribution in [2.45, 2.75) is 45.2 Å². The molecule has 2 unspecified atom stereocenters. The number of piperidine rings is 1. The molecule has 0 aliphatic carbocycles. The molecule has 1 aliphatic rings. The van der Waals surface area contributed by atoms with Crippen molar-refractivity contribution in [3.05, 3.63) is 34.9 Å². The van der Waals surface area contributed by atoms with Crippen molar-refractivity contribution in [1.82, 2.24) is 5.01 Å². The third-order valence-corrected chi connectivity index (χ3v) is 3.57. The van der Waals surface area contributed by atoms with E-state index in [1.54, 1.807) is 0 Å². The Labute approximate surface area is 108 Å². The summed E-state index contributed by atoms with van der Waals surface area (Å²) >= 11 is 5.95. The van der Waals surface area contributed by atoms with Crippen LogP contribution in [0.15, 0.2) is 29.4 Å². The van der Waals surface area contributed by atoms with Crippen LogP contribution in [0.4, 0.5) is 0 Å². The number of hydrazone groups is 1. The zero-order valence-corrected chi connectivity index (χ0v) is 11.2. The molecule has 0 saturated carbocycles. The van der Waals surface area contributed by atoms with Gasteiger partial charge in [-0.25, -0.2) is 0 Å². The van der Waals surface area contributed by atoms with Crippen LogP contribution in [0.1, 0.15) is 38.7 Å². The molecule has 2 rings (SSSR count). The Kier molecular flexibility index (Phi) is 4.06. The molecule has 3 heteroatoms. The lowest BCUT2D eigenvalue weighted by Crippen LogP contribution is -2.39. The quantitative estimate of drug-likeness (QED) is 0.726. The van der Waals surface area contributed by atoms with E-state index in [9.17, 15) is 0 Å². The molecule has 0 N–H and O–H groups in total. The SMILES string of the molecule is CC1CCCC(C)N1N=Cc1cccc(Cl)c1. The van der Waals surface area contributed by atoms with E-state index in [0.29, 0.717) is 12.1 Å². The van der Waals surface area contributed by atoms with Crippen LogP contribution in [0, 0.1) is 0 Å². The molecule has 17 heavy (non-hydrogen) atoms. The van der Waals surface area contributed by atoms with Gasteiger partial charge in [0.25, 0.3) is 0 Å². The number of hydrogen-bond acceptors (Lipinski definition) is 2. The van der Waals surface area contributed by atoms with Crippen LogP contribution in [-0.2, 0) is 0 Å². The normalized spacial score (nSPS) is 25.5. The summed E-state index contributed by atoms with van der Waals surface area (Å²) in [6, 6.07) is 8.86. The van der Waals surface area contributed by atoms with Crippen molar-refractivity contribution in [3.63, 3.8) is 0 Å². The first-order valence-electron chi connectivity index (χ1n) is 6.24. The highest BCUT2D eigenvalue weighted by atomic mass is 35.5. The van der Waals surface area contributed by atoms with Gasteiger partial charge in [-0.15, -0.1) is 0 Å². The van der Waals surface area contributed by atoms with Crippen molar-refractivity contribution < 1.29 is 0 Å². The summed E-state index contributed by atoms with van der Waals surface area (Å²) in [5.74, 6) is 0. The molecule has 0 radical (unpaired) electrons. The van der Waals surface area contributed by atoms with Crippen molar-refractivity contribution in [2.75, 3.05) is 0 Å². The minimum absolute atomic E-state index is 0.536. The fourth-order valence-electron chi connectivity index (χ4n) is 2.36. The predicted molar refractivity (Wildman–Crippen MR) is 73.7 cm³/mol. The van der Waals surface area contributed by atoms with Gasteiger partial charge in [0.2, 0.25) is 0 Å². The summed E-state index contributed by atoms with van der Waals surface area (Å²) in [4.78, 5) is 0. The summed E-state index contributed by atoms with van der Waals surface area (Å²) < 4.78 is 0. The number of halogens is 1. The second kappa shape index (κ2) is 5.54. The van der Waals surface area contributed by atoms with Crippen molar-refractivity contribution in [2.24, 2.45) is 5.10 Å². The van der Waals surface area contributed by atoms with E-state index in [-0.39, 0.29) is 0 Å². The van der Waals surface area contributed by atoms with Gasteiger partial charge >= 0.3 is 0 Å². The zero-order chi connectivity index (χ0) is 12.3. The largest absolute Gasteiger partial charge is 0.292 e. The lowest BCUT2D eigenvalue weighted by atomic mass is 10.00. The monoisotopic (exact) mass is 250 g/mol. The van der Waals surface area contributed by atoms with Crippen LogP contribution in [0.3, 0.4) is 0 Å². The molecule has 1 aromatic carbocycles. The van der Waals surface area contributed by atoms with E-state index in [2.05, 4.69) is 24.0 Å². The minimum Gasteiger partial charge on any atom is -0.292 e. The van der Waals surface area contributed by atoms with E-state index in [1.807, 2.05) is 30.5 Å². The third kappa shape index (κ3) is 3.22. The fraction of sp³-hybridized carbons (Fsp3) is 0.500. The maximum atomic E-state index is 5.95. The second-order valence-electron chi connectivity index (χ2n) is 4.81. The van der Waals surface area contributed by atoms with E-state index in [1.165, 1.54) is 19.3 Å². The van der Waals surface area contributed by atoms with Crippen LogP contribution < -0.4 is 0 Å². The highest BCUT2D eigenvalue weighted by molar-refractivity contribution is 6.30. The van der Waals surface area contributed by atoms with Gasteiger partial charge in [-0.3, -0.25) is 5.01 Å². The van der Waals surface area contributed by atoms with Crippen LogP contribution in [-0.4, -0.2) is 23.3 Å². The summed E-state index contributed by atoms with van der Waals surface area (Å²) in [7, 11) is 0. The van der Waals surface area contributed by atoms with Crippen molar-refractivity contribution in [1.29, 1.82) is 0 Å². The summed E-state index contributed by atoms with van der Waals surface area (Å²) in [5, 5.41) is 7.58. The first-order chi connectivity index (χ1) is 8.16. The summed E-state index contributed by atoms with van der Waals surface area (Å²) in [6.07, 6.45) is 5.68. The average molecular weight is 251 g/mol.